The van der Waals surface area contributed by atoms with Gasteiger partial charge < -0.3 is 25.4 Å². The molecular formula is C14H29N3O3. The number of piperidine rings is 1. The van der Waals surface area contributed by atoms with Crippen LogP contribution in [0.4, 0.5) is 0 Å². The van der Waals surface area contributed by atoms with Crippen LogP contribution in [0.25, 0.3) is 0 Å². The highest BCUT2D eigenvalue weighted by Gasteiger charge is 2.22. The number of carbonyl (C=O) groups excluding carboxylic acids is 1. The zero-order valence-electron chi connectivity index (χ0n) is 12.9. The highest BCUT2D eigenvalue weighted by molar-refractivity contribution is 5.76. The van der Waals surface area contributed by atoms with Crippen molar-refractivity contribution in [2.24, 2.45) is 0 Å². The molecule has 1 amide bonds. The van der Waals surface area contributed by atoms with Crippen LogP contribution >= 0.6 is 0 Å². The summed E-state index contributed by atoms with van der Waals surface area (Å²) >= 11 is 0. The maximum absolute atomic E-state index is 11.7. The first-order valence-corrected chi connectivity index (χ1v) is 7.35. The number of amides is 1. The van der Waals surface area contributed by atoms with Gasteiger partial charge in [0.25, 0.3) is 0 Å². The van der Waals surface area contributed by atoms with Gasteiger partial charge in [0.2, 0.25) is 5.91 Å². The van der Waals surface area contributed by atoms with E-state index >= 15 is 0 Å². The Morgan fingerprint density at radius 2 is 2.10 bits per heavy atom. The number of ether oxygens (including phenoxy) is 1. The SMILES string of the molecule is CN(C)CC(C)(O)CNC(=O)CCOC1CCNCC1. The Hall–Kier alpha value is -0.690. The van der Waals surface area contributed by atoms with Crippen LogP contribution in [0.15, 0.2) is 0 Å². The Morgan fingerprint density at radius 3 is 2.70 bits per heavy atom. The number of hydrogen-bond donors (Lipinski definition) is 3. The van der Waals surface area contributed by atoms with E-state index in [0.29, 0.717) is 19.6 Å². The summed E-state index contributed by atoms with van der Waals surface area (Å²) < 4.78 is 5.68. The van der Waals surface area contributed by atoms with Gasteiger partial charge in [-0.1, -0.05) is 0 Å². The molecule has 1 unspecified atom stereocenters. The summed E-state index contributed by atoms with van der Waals surface area (Å²) in [4.78, 5) is 13.6. The molecule has 6 heteroatoms. The topological polar surface area (TPSA) is 73.8 Å². The second-order valence-corrected chi connectivity index (χ2v) is 6.08. The van der Waals surface area contributed by atoms with E-state index in [9.17, 15) is 9.90 Å². The van der Waals surface area contributed by atoms with Crippen molar-refractivity contribution in [1.82, 2.24) is 15.5 Å². The number of nitrogens with zero attached hydrogens (tertiary/aromatic N) is 1. The number of likely N-dealkylation sites (N-methyl/N-ethyl adjacent to an activating group) is 1. The fourth-order valence-electron chi connectivity index (χ4n) is 2.39. The van der Waals surface area contributed by atoms with Gasteiger partial charge in [0, 0.05) is 19.5 Å². The molecule has 1 fully saturated rings. The zero-order valence-corrected chi connectivity index (χ0v) is 12.9. The van der Waals surface area contributed by atoms with Gasteiger partial charge >= 0.3 is 0 Å². The lowest BCUT2D eigenvalue weighted by molar-refractivity contribution is -0.124. The Bertz CT molecular complexity index is 289. The largest absolute Gasteiger partial charge is 0.387 e. The lowest BCUT2D eigenvalue weighted by Gasteiger charge is -2.27. The van der Waals surface area contributed by atoms with Crippen molar-refractivity contribution >= 4 is 5.91 Å². The van der Waals surface area contributed by atoms with Crippen LogP contribution in [0.2, 0.25) is 0 Å². The van der Waals surface area contributed by atoms with Gasteiger partial charge in [0.15, 0.2) is 0 Å². The molecule has 1 aliphatic rings. The molecule has 0 saturated carbocycles. The van der Waals surface area contributed by atoms with Crippen molar-refractivity contribution in [3.63, 3.8) is 0 Å². The van der Waals surface area contributed by atoms with Gasteiger partial charge in [-0.05, 0) is 47.0 Å². The van der Waals surface area contributed by atoms with Gasteiger partial charge in [-0.25, -0.2) is 0 Å². The molecule has 6 nitrogen and oxygen atoms in total. The molecule has 1 atom stereocenters. The van der Waals surface area contributed by atoms with Crippen LogP contribution in [-0.4, -0.2) is 74.5 Å². The molecule has 3 N–H and O–H groups in total. The van der Waals surface area contributed by atoms with Crippen molar-refractivity contribution < 1.29 is 14.6 Å². The van der Waals surface area contributed by atoms with E-state index < -0.39 is 5.60 Å². The second-order valence-electron chi connectivity index (χ2n) is 6.08. The molecule has 1 aliphatic heterocycles. The van der Waals surface area contributed by atoms with E-state index in [2.05, 4.69) is 10.6 Å². The average molecular weight is 287 g/mol. The fraction of sp³-hybridized carbons (Fsp3) is 0.929. The predicted octanol–water partition coefficient (Wildman–Crippen LogP) is -0.426. The molecule has 1 heterocycles. The summed E-state index contributed by atoms with van der Waals surface area (Å²) in [6.07, 6.45) is 2.65. The Morgan fingerprint density at radius 1 is 1.45 bits per heavy atom. The van der Waals surface area contributed by atoms with Crippen molar-refractivity contribution in [2.75, 3.05) is 46.9 Å². The maximum Gasteiger partial charge on any atom is 0.222 e. The van der Waals surface area contributed by atoms with E-state index in [1.54, 1.807) is 6.92 Å². The minimum atomic E-state index is -0.908. The smallest absolute Gasteiger partial charge is 0.222 e. The van der Waals surface area contributed by atoms with Crippen LogP contribution in [0.5, 0.6) is 0 Å². The zero-order chi connectivity index (χ0) is 15.0. The van der Waals surface area contributed by atoms with Crippen molar-refractivity contribution in [3.05, 3.63) is 0 Å². The molecule has 118 valence electrons. The van der Waals surface area contributed by atoms with Gasteiger partial charge in [0.05, 0.1) is 18.3 Å². The molecule has 0 spiro atoms. The summed E-state index contributed by atoms with van der Waals surface area (Å²) in [5.74, 6) is -0.0713. The average Bonchev–Trinajstić information content (AvgIpc) is 2.36. The summed E-state index contributed by atoms with van der Waals surface area (Å²) in [6, 6.07) is 0. The normalized spacial score (nSPS) is 19.9. The third-order valence-corrected chi connectivity index (χ3v) is 3.29. The first-order valence-electron chi connectivity index (χ1n) is 7.35. The lowest BCUT2D eigenvalue weighted by Crippen LogP contribution is -2.47. The molecule has 0 aromatic carbocycles. The van der Waals surface area contributed by atoms with Gasteiger partial charge in [-0.15, -0.1) is 0 Å². The molecule has 0 aromatic rings. The third-order valence-electron chi connectivity index (χ3n) is 3.29. The van der Waals surface area contributed by atoms with Gasteiger partial charge in [-0.3, -0.25) is 4.79 Å². The Balaban J connectivity index is 2.10. The quantitative estimate of drug-likeness (QED) is 0.565. The first-order chi connectivity index (χ1) is 9.39. The second kappa shape index (κ2) is 8.56. The van der Waals surface area contributed by atoms with Crippen molar-refractivity contribution in [2.45, 2.75) is 37.9 Å². The number of aliphatic hydroxyl groups is 1. The number of hydrogen-bond acceptors (Lipinski definition) is 5. The fourth-order valence-corrected chi connectivity index (χ4v) is 2.39. The summed E-state index contributed by atoms with van der Waals surface area (Å²) in [6.45, 7) is 4.93. The Labute approximate surface area is 121 Å². The minimum absolute atomic E-state index is 0.0713. The van der Waals surface area contributed by atoms with E-state index in [1.165, 1.54) is 0 Å². The molecule has 0 aromatic heterocycles. The van der Waals surface area contributed by atoms with Crippen LogP contribution in [0.1, 0.15) is 26.2 Å². The van der Waals surface area contributed by atoms with Gasteiger partial charge in [0.1, 0.15) is 0 Å². The monoisotopic (exact) mass is 287 g/mol. The Kier molecular flexibility index (Phi) is 7.43. The maximum atomic E-state index is 11.7. The molecule has 0 bridgehead atoms. The predicted molar refractivity (Wildman–Crippen MR) is 78.6 cm³/mol. The van der Waals surface area contributed by atoms with Crippen LogP contribution in [0.3, 0.4) is 0 Å². The van der Waals surface area contributed by atoms with E-state index in [4.69, 9.17) is 4.74 Å². The van der Waals surface area contributed by atoms with E-state index in [1.807, 2.05) is 19.0 Å². The molecule has 20 heavy (non-hydrogen) atoms. The van der Waals surface area contributed by atoms with Crippen molar-refractivity contribution in [3.8, 4) is 0 Å². The van der Waals surface area contributed by atoms with E-state index in [0.717, 1.165) is 25.9 Å². The van der Waals surface area contributed by atoms with E-state index in [-0.39, 0.29) is 18.6 Å². The summed E-state index contributed by atoms with van der Waals surface area (Å²) in [5.41, 5.74) is -0.908. The lowest BCUT2D eigenvalue weighted by atomic mass is 10.1. The highest BCUT2D eigenvalue weighted by Crippen LogP contribution is 2.07. The number of rotatable bonds is 8. The number of nitrogens with one attached hydrogen (secondary N) is 2. The summed E-state index contributed by atoms with van der Waals surface area (Å²) in [5, 5.41) is 16.1. The standard InChI is InChI=1S/C14H29N3O3/c1-14(19,11-17(2)3)10-16-13(18)6-9-20-12-4-7-15-8-5-12/h12,15,19H,4-11H2,1-3H3,(H,16,18). The molecular weight excluding hydrogens is 258 g/mol. The summed E-state index contributed by atoms with van der Waals surface area (Å²) in [7, 11) is 3.78. The van der Waals surface area contributed by atoms with Crippen LogP contribution in [0, 0.1) is 0 Å². The van der Waals surface area contributed by atoms with Gasteiger partial charge in [-0.2, -0.15) is 0 Å². The minimum Gasteiger partial charge on any atom is -0.387 e. The van der Waals surface area contributed by atoms with Crippen molar-refractivity contribution in [1.29, 1.82) is 0 Å². The molecule has 0 radical (unpaired) electrons. The number of carbonyl (C=O) groups is 1. The first kappa shape index (κ1) is 17.4. The third kappa shape index (κ3) is 7.79. The molecule has 1 saturated heterocycles. The highest BCUT2D eigenvalue weighted by atomic mass is 16.5. The molecule has 0 aliphatic carbocycles. The molecule has 1 rings (SSSR count). The van der Waals surface area contributed by atoms with Crippen LogP contribution < -0.4 is 10.6 Å². The van der Waals surface area contributed by atoms with Crippen LogP contribution in [-0.2, 0) is 9.53 Å².